The van der Waals surface area contributed by atoms with Crippen LogP contribution >= 0.6 is 0 Å². The molecular weight excluding hydrogens is 232 g/mol. The van der Waals surface area contributed by atoms with Crippen LogP contribution in [-0.4, -0.2) is 21.2 Å². The van der Waals surface area contributed by atoms with Gasteiger partial charge in [-0.25, -0.2) is 4.98 Å². The number of fused-ring (bicyclic) bond motifs is 1. The Labute approximate surface area is 103 Å². The topological polar surface area (TPSA) is 89.5 Å². The molecule has 0 aromatic carbocycles. The van der Waals surface area contributed by atoms with Crippen molar-refractivity contribution in [3.8, 4) is 0 Å². The van der Waals surface area contributed by atoms with Crippen molar-refractivity contribution in [2.45, 2.75) is 18.8 Å². The fraction of sp³-hybridized carbons (Fsp3) is 0.250. The Morgan fingerprint density at radius 1 is 1.39 bits per heavy atom. The number of piperidine rings is 1. The molecule has 6 heteroatoms. The number of nitrogens with zero attached hydrogens (tertiary/aromatic N) is 2. The quantitative estimate of drug-likeness (QED) is 0.712. The summed E-state index contributed by atoms with van der Waals surface area (Å²) >= 11 is 0. The van der Waals surface area contributed by atoms with Crippen LogP contribution in [0.5, 0.6) is 0 Å². The van der Waals surface area contributed by atoms with Crippen molar-refractivity contribution in [1.82, 2.24) is 14.7 Å². The van der Waals surface area contributed by atoms with Gasteiger partial charge in [-0.2, -0.15) is 0 Å². The number of carbonyl (C=O) groups is 2. The minimum Gasteiger partial charge on any atom is -0.385 e. The maximum absolute atomic E-state index is 11.8. The Hall–Kier alpha value is -2.37. The number of amides is 2. The van der Waals surface area contributed by atoms with Crippen molar-refractivity contribution in [3.63, 3.8) is 0 Å². The van der Waals surface area contributed by atoms with Gasteiger partial charge in [-0.05, 0) is 18.6 Å². The highest BCUT2D eigenvalue weighted by Crippen LogP contribution is 2.25. The molecule has 0 aliphatic carbocycles. The Morgan fingerprint density at radius 2 is 2.22 bits per heavy atom. The number of imidazole rings is 1. The summed E-state index contributed by atoms with van der Waals surface area (Å²) < 4.78 is 1.74. The zero-order chi connectivity index (χ0) is 12.7. The van der Waals surface area contributed by atoms with E-state index in [-0.39, 0.29) is 17.7 Å². The molecule has 2 aromatic rings. The van der Waals surface area contributed by atoms with E-state index < -0.39 is 0 Å². The second-order valence-corrected chi connectivity index (χ2v) is 4.35. The maximum Gasteiger partial charge on any atom is 0.235 e. The molecule has 0 saturated carbocycles. The molecule has 0 spiro atoms. The van der Waals surface area contributed by atoms with Gasteiger partial charge in [-0.3, -0.25) is 19.3 Å². The number of nitrogen functional groups attached to an aromatic ring is 1. The van der Waals surface area contributed by atoms with Crippen molar-refractivity contribution < 1.29 is 9.59 Å². The standard InChI is InChI=1S/C12H12N4O2/c13-9-2-1-3-10-14-8(6-16(9)10)7-4-5-11(17)15-12(7)18/h1-3,6-7H,4-5,13H2,(H,15,17,18). The molecule has 1 aliphatic rings. The van der Waals surface area contributed by atoms with Gasteiger partial charge in [0, 0.05) is 12.6 Å². The van der Waals surface area contributed by atoms with E-state index in [4.69, 9.17) is 5.73 Å². The van der Waals surface area contributed by atoms with Gasteiger partial charge in [0.2, 0.25) is 11.8 Å². The molecule has 1 fully saturated rings. The number of nitrogens with two attached hydrogens (primary N) is 1. The lowest BCUT2D eigenvalue weighted by molar-refractivity contribution is -0.134. The van der Waals surface area contributed by atoms with Crippen LogP contribution in [0.1, 0.15) is 24.5 Å². The first-order valence-electron chi connectivity index (χ1n) is 5.72. The lowest BCUT2D eigenvalue weighted by atomic mass is 9.95. The van der Waals surface area contributed by atoms with Crippen LogP contribution in [0.4, 0.5) is 5.82 Å². The highest BCUT2D eigenvalue weighted by Gasteiger charge is 2.29. The van der Waals surface area contributed by atoms with Crippen LogP contribution in [0.2, 0.25) is 0 Å². The first-order valence-corrected chi connectivity index (χ1v) is 5.72. The first kappa shape index (κ1) is 10.8. The van der Waals surface area contributed by atoms with Gasteiger partial charge in [0.15, 0.2) is 0 Å². The molecule has 1 aliphatic heterocycles. The molecule has 0 bridgehead atoms. The van der Waals surface area contributed by atoms with Gasteiger partial charge < -0.3 is 5.73 Å². The molecule has 18 heavy (non-hydrogen) atoms. The Balaban J connectivity index is 2.02. The third kappa shape index (κ3) is 1.62. The molecule has 3 N–H and O–H groups in total. The number of imide groups is 1. The van der Waals surface area contributed by atoms with E-state index in [9.17, 15) is 9.59 Å². The zero-order valence-electron chi connectivity index (χ0n) is 9.59. The Kier molecular flexibility index (Phi) is 2.29. The van der Waals surface area contributed by atoms with Crippen LogP contribution in [0, 0.1) is 0 Å². The molecule has 1 saturated heterocycles. The molecule has 1 unspecified atom stereocenters. The summed E-state index contributed by atoms with van der Waals surface area (Å²) in [6.07, 6.45) is 2.60. The van der Waals surface area contributed by atoms with Crippen LogP contribution in [-0.2, 0) is 9.59 Å². The molecule has 2 aromatic heterocycles. The number of rotatable bonds is 1. The summed E-state index contributed by atoms with van der Waals surface area (Å²) in [5, 5.41) is 2.33. The lowest BCUT2D eigenvalue weighted by Crippen LogP contribution is -2.39. The molecule has 6 nitrogen and oxygen atoms in total. The van der Waals surface area contributed by atoms with Crippen LogP contribution < -0.4 is 11.1 Å². The summed E-state index contributed by atoms with van der Waals surface area (Å²) in [7, 11) is 0. The summed E-state index contributed by atoms with van der Waals surface area (Å²) in [5.41, 5.74) is 7.18. The zero-order valence-corrected chi connectivity index (χ0v) is 9.59. The number of nitrogens with one attached hydrogen (secondary N) is 1. The summed E-state index contributed by atoms with van der Waals surface area (Å²) in [4.78, 5) is 27.2. The minimum atomic E-state index is -0.373. The number of anilines is 1. The van der Waals surface area contributed by atoms with Crippen LogP contribution in [0.25, 0.3) is 5.65 Å². The molecule has 3 heterocycles. The van der Waals surface area contributed by atoms with Crippen molar-refractivity contribution in [1.29, 1.82) is 0 Å². The average molecular weight is 244 g/mol. The largest absolute Gasteiger partial charge is 0.385 e. The van der Waals surface area contributed by atoms with Crippen molar-refractivity contribution >= 4 is 23.3 Å². The highest BCUT2D eigenvalue weighted by molar-refractivity contribution is 6.00. The fourth-order valence-electron chi connectivity index (χ4n) is 2.19. The molecule has 1 atom stereocenters. The van der Waals surface area contributed by atoms with E-state index in [0.29, 0.717) is 30.0 Å². The van der Waals surface area contributed by atoms with E-state index in [1.165, 1.54) is 0 Å². The van der Waals surface area contributed by atoms with E-state index in [0.717, 1.165) is 0 Å². The Morgan fingerprint density at radius 3 is 2.94 bits per heavy atom. The van der Waals surface area contributed by atoms with Gasteiger partial charge in [0.25, 0.3) is 0 Å². The molecule has 2 amide bonds. The number of aromatic nitrogens is 2. The number of hydrogen-bond donors (Lipinski definition) is 2. The molecule has 92 valence electrons. The fourth-order valence-corrected chi connectivity index (χ4v) is 2.19. The highest BCUT2D eigenvalue weighted by atomic mass is 16.2. The molecule has 0 radical (unpaired) electrons. The predicted molar refractivity (Wildman–Crippen MR) is 64.7 cm³/mol. The van der Waals surface area contributed by atoms with Crippen molar-refractivity contribution in [3.05, 3.63) is 30.1 Å². The second kappa shape index (κ2) is 3.83. The SMILES string of the molecule is Nc1cccc2nc(C3CCC(=O)NC3=O)cn12. The van der Waals surface area contributed by atoms with E-state index in [2.05, 4.69) is 10.3 Å². The lowest BCUT2D eigenvalue weighted by Gasteiger charge is -2.18. The van der Waals surface area contributed by atoms with Crippen molar-refractivity contribution in [2.75, 3.05) is 5.73 Å². The van der Waals surface area contributed by atoms with Crippen molar-refractivity contribution in [2.24, 2.45) is 0 Å². The van der Waals surface area contributed by atoms with Crippen LogP contribution in [0.15, 0.2) is 24.4 Å². The maximum atomic E-state index is 11.8. The minimum absolute atomic E-state index is 0.223. The van der Waals surface area contributed by atoms with E-state index in [1.807, 2.05) is 12.1 Å². The number of pyridine rings is 1. The van der Waals surface area contributed by atoms with Gasteiger partial charge in [-0.1, -0.05) is 6.07 Å². The number of hydrogen-bond acceptors (Lipinski definition) is 4. The summed E-state index contributed by atoms with van der Waals surface area (Å²) in [5.74, 6) is -0.312. The summed E-state index contributed by atoms with van der Waals surface area (Å²) in [6, 6.07) is 5.40. The first-order chi connectivity index (χ1) is 8.65. The molecular formula is C12H12N4O2. The predicted octanol–water partition coefficient (Wildman–Crippen LogP) is 0.437. The van der Waals surface area contributed by atoms with Crippen LogP contribution in [0.3, 0.4) is 0 Å². The van der Waals surface area contributed by atoms with Gasteiger partial charge in [0.05, 0.1) is 11.6 Å². The van der Waals surface area contributed by atoms with Gasteiger partial charge in [0.1, 0.15) is 11.5 Å². The normalized spacial score (nSPS) is 20.1. The second-order valence-electron chi connectivity index (χ2n) is 4.35. The molecule has 3 rings (SSSR count). The monoisotopic (exact) mass is 244 g/mol. The third-order valence-corrected chi connectivity index (χ3v) is 3.14. The van der Waals surface area contributed by atoms with E-state index >= 15 is 0 Å². The van der Waals surface area contributed by atoms with Gasteiger partial charge in [-0.15, -0.1) is 0 Å². The van der Waals surface area contributed by atoms with Gasteiger partial charge >= 0.3 is 0 Å². The Bertz CT molecular complexity index is 647. The smallest absolute Gasteiger partial charge is 0.235 e. The number of carbonyl (C=O) groups excluding carboxylic acids is 2. The summed E-state index contributed by atoms with van der Waals surface area (Å²) in [6.45, 7) is 0. The third-order valence-electron chi connectivity index (χ3n) is 3.14. The average Bonchev–Trinajstić information content (AvgIpc) is 2.74. The van der Waals surface area contributed by atoms with E-state index in [1.54, 1.807) is 16.7 Å².